The minimum absolute atomic E-state index is 0.0994. The summed E-state index contributed by atoms with van der Waals surface area (Å²) in [7, 11) is 3.27. The second kappa shape index (κ2) is 7.75. The van der Waals surface area contributed by atoms with E-state index in [0.29, 0.717) is 5.13 Å². The molecule has 6 nitrogen and oxygen atoms in total. The van der Waals surface area contributed by atoms with Crippen LogP contribution in [0.15, 0.2) is 41.2 Å². The van der Waals surface area contributed by atoms with Crippen LogP contribution in [0, 0.1) is 6.92 Å². The van der Waals surface area contributed by atoms with Crippen LogP contribution in [0.1, 0.15) is 27.9 Å². The molecule has 2 heterocycles. The van der Waals surface area contributed by atoms with Crippen molar-refractivity contribution in [3.63, 3.8) is 0 Å². The first-order valence-electron chi connectivity index (χ1n) is 8.56. The minimum atomic E-state index is -0.451. The zero-order valence-corrected chi connectivity index (χ0v) is 16.5. The van der Waals surface area contributed by atoms with Crippen molar-refractivity contribution in [1.29, 1.82) is 0 Å². The summed E-state index contributed by atoms with van der Waals surface area (Å²) in [6.45, 7) is 3.86. The van der Waals surface area contributed by atoms with E-state index in [9.17, 15) is 9.59 Å². The van der Waals surface area contributed by atoms with Gasteiger partial charge in [0, 0.05) is 23.2 Å². The summed E-state index contributed by atoms with van der Waals surface area (Å²) in [5.74, 6) is 0.323. The number of benzene rings is 1. The van der Waals surface area contributed by atoms with Gasteiger partial charge < -0.3 is 9.30 Å². The van der Waals surface area contributed by atoms with Crippen LogP contribution in [-0.2, 0) is 13.5 Å². The van der Waals surface area contributed by atoms with Crippen LogP contribution in [-0.4, -0.2) is 22.6 Å². The van der Waals surface area contributed by atoms with Crippen molar-refractivity contribution >= 4 is 22.4 Å². The molecule has 3 aromatic rings. The van der Waals surface area contributed by atoms with Crippen molar-refractivity contribution in [3.8, 4) is 17.0 Å². The number of aryl methyl sites for hydroxylation is 2. The molecule has 140 valence electrons. The third-order valence-corrected chi connectivity index (χ3v) is 5.52. The van der Waals surface area contributed by atoms with E-state index in [1.807, 2.05) is 38.1 Å². The number of carbonyl (C=O) groups excluding carboxylic acids is 1. The lowest BCUT2D eigenvalue weighted by atomic mass is 10.1. The number of ether oxygens (including phenoxy) is 1. The SMILES string of the molecule is CCc1sc(NC(=O)c2ccc(C)n(C)c2=O)nc1-c1ccc(OC)cc1. The van der Waals surface area contributed by atoms with Crippen LogP contribution in [0.2, 0.25) is 0 Å². The van der Waals surface area contributed by atoms with Gasteiger partial charge in [0.1, 0.15) is 11.3 Å². The molecule has 1 aromatic carbocycles. The molecule has 0 radical (unpaired) electrons. The normalized spacial score (nSPS) is 10.7. The number of rotatable bonds is 5. The number of thiazole rings is 1. The minimum Gasteiger partial charge on any atom is -0.497 e. The molecule has 0 aliphatic heterocycles. The maximum absolute atomic E-state index is 12.6. The van der Waals surface area contributed by atoms with Crippen molar-refractivity contribution in [2.24, 2.45) is 7.05 Å². The number of hydrogen-bond acceptors (Lipinski definition) is 5. The standard InChI is InChI=1S/C20H21N3O3S/c1-5-16-17(13-7-9-14(26-4)10-8-13)21-20(27-16)22-18(24)15-11-6-12(2)23(3)19(15)25/h6-11H,5H2,1-4H3,(H,21,22,24). The Balaban J connectivity index is 1.90. The lowest BCUT2D eigenvalue weighted by Crippen LogP contribution is -2.28. The summed E-state index contributed by atoms with van der Waals surface area (Å²) in [6.07, 6.45) is 0.793. The number of amides is 1. The second-order valence-corrected chi connectivity index (χ2v) is 7.16. The molecule has 2 aromatic heterocycles. The highest BCUT2D eigenvalue weighted by Gasteiger charge is 2.17. The zero-order valence-electron chi connectivity index (χ0n) is 15.7. The van der Waals surface area contributed by atoms with E-state index >= 15 is 0 Å². The maximum atomic E-state index is 12.6. The van der Waals surface area contributed by atoms with Crippen molar-refractivity contribution in [1.82, 2.24) is 9.55 Å². The van der Waals surface area contributed by atoms with Crippen molar-refractivity contribution in [2.75, 3.05) is 12.4 Å². The van der Waals surface area contributed by atoms with Crippen molar-refractivity contribution in [3.05, 3.63) is 62.9 Å². The number of carbonyl (C=O) groups is 1. The Morgan fingerprint density at radius 3 is 2.56 bits per heavy atom. The Labute approximate surface area is 161 Å². The van der Waals surface area contributed by atoms with Gasteiger partial charge in [-0.3, -0.25) is 14.9 Å². The molecule has 1 N–H and O–H groups in total. The fourth-order valence-corrected chi connectivity index (χ4v) is 3.60. The highest BCUT2D eigenvalue weighted by molar-refractivity contribution is 7.16. The summed E-state index contributed by atoms with van der Waals surface area (Å²) in [5.41, 5.74) is 2.35. The molecule has 0 fully saturated rings. The van der Waals surface area contributed by atoms with Gasteiger partial charge in [-0.2, -0.15) is 0 Å². The Morgan fingerprint density at radius 2 is 1.93 bits per heavy atom. The van der Waals surface area contributed by atoms with E-state index in [0.717, 1.165) is 34.0 Å². The van der Waals surface area contributed by atoms with Crippen molar-refractivity contribution in [2.45, 2.75) is 20.3 Å². The third kappa shape index (κ3) is 3.78. The predicted molar refractivity (Wildman–Crippen MR) is 108 cm³/mol. The number of nitrogens with zero attached hydrogens (tertiary/aromatic N) is 2. The Kier molecular flexibility index (Phi) is 5.41. The van der Waals surface area contributed by atoms with E-state index < -0.39 is 5.91 Å². The third-order valence-electron chi connectivity index (χ3n) is 4.40. The van der Waals surface area contributed by atoms with Gasteiger partial charge in [0.2, 0.25) is 0 Å². The molecular formula is C20H21N3O3S. The second-order valence-electron chi connectivity index (χ2n) is 6.08. The van der Waals surface area contributed by atoms with Gasteiger partial charge >= 0.3 is 0 Å². The molecule has 0 bridgehead atoms. The Morgan fingerprint density at radius 1 is 1.22 bits per heavy atom. The Hall–Kier alpha value is -2.93. The maximum Gasteiger partial charge on any atom is 0.263 e. The number of methoxy groups -OCH3 is 1. The van der Waals surface area contributed by atoms with Gasteiger partial charge in [-0.15, -0.1) is 11.3 Å². The molecule has 0 aliphatic carbocycles. The number of aromatic nitrogens is 2. The van der Waals surface area contributed by atoms with Crippen LogP contribution in [0.25, 0.3) is 11.3 Å². The topological polar surface area (TPSA) is 73.2 Å². The summed E-state index contributed by atoms with van der Waals surface area (Å²) in [5, 5.41) is 3.24. The molecule has 0 saturated heterocycles. The van der Waals surface area contributed by atoms with Crippen molar-refractivity contribution < 1.29 is 9.53 Å². The van der Waals surface area contributed by atoms with Gasteiger partial charge in [0.15, 0.2) is 5.13 Å². The number of nitrogens with one attached hydrogen (secondary N) is 1. The van der Waals surface area contributed by atoms with Crippen LogP contribution >= 0.6 is 11.3 Å². The van der Waals surface area contributed by atoms with Crippen LogP contribution < -0.4 is 15.6 Å². The summed E-state index contributed by atoms with van der Waals surface area (Å²) in [6, 6.07) is 10.9. The molecule has 27 heavy (non-hydrogen) atoms. The summed E-state index contributed by atoms with van der Waals surface area (Å²) < 4.78 is 6.65. The largest absolute Gasteiger partial charge is 0.497 e. The zero-order chi connectivity index (χ0) is 19.6. The van der Waals surface area contributed by atoms with Gasteiger partial charge in [-0.1, -0.05) is 6.92 Å². The van der Waals surface area contributed by atoms with E-state index in [1.165, 1.54) is 15.9 Å². The number of anilines is 1. The molecule has 0 saturated carbocycles. The molecule has 3 rings (SSSR count). The molecule has 1 amide bonds. The monoisotopic (exact) mass is 383 g/mol. The fraction of sp³-hybridized carbons (Fsp3) is 0.250. The first kappa shape index (κ1) is 18.8. The van der Waals surface area contributed by atoms with Gasteiger partial charge in [0.05, 0.1) is 12.8 Å². The first-order chi connectivity index (χ1) is 12.9. The lowest BCUT2D eigenvalue weighted by Gasteiger charge is -2.06. The highest BCUT2D eigenvalue weighted by Crippen LogP contribution is 2.32. The van der Waals surface area contributed by atoms with E-state index in [2.05, 4.69) is 10.3 Å². The highest BCUT2D eigenvalue weighted by atomic mass is 32.1. The smallest absolute Gasteiger partial charge is 0.263 e. The summed E-state index contributed by atoms with van der Waals surface area (Å²) in [4.78, 5) is 30.5. The molecule has 0 atom stereocenters. The lowest BCUT2D eigenvalue weighted by molar-refractivity contribution is 0.102. The van der Waals surface area contributed by atoms with Crippen LogP contribution in [0.5, 0.6) is 5.75 Å². The molecule has 0 unspecified atom stereocenters. The molecule has 0 spiro atoms. The molecule has 0 aliphatic rings. The first-order valence-corrected chi connectivity index (χ1v) is 9.38. The Bertz CT molecular complexity index is 1040. The number of pyridine rings is 1. The van der Waals surface area contributed by atoms with Gasteiger partial charge in [0.25, 0.3) is 11.5 Å². The van der Waals surface area contributed by atoms with E-state index in [4.69, 9.17) is 4.74 Å². The van der Waals surface area contributed by atoms with Gasteiger partial charge in [-0.05, 0) is 49.7 Å². The van der Waals surface area contributed by atoms with E-state index in [-0.39, 0.29) is 11.1 Å². The van der Waals surface area contributed by atoms with Crippen LogP contribution in [0.4, 0.5) is 5.13 Å². The predicted octanol–water partition coefficient (Wildman–Crippen LogP) is 3.64. The van der Waals surface area contributed by atoms with E-state index in [1.54, 1.807) is 26.3 Å². The quantitative estimate of drug-likeness (QED) is 0.730. The fourth-order valence-electron chi connectivity index (χ4n) is 2.68. The number of hydrogen-bond donors (Lipinski definition) is 1. The molecule has 7 heteroatoms. The average molecular weight is 383 g/mol. The average Bonchev–Trinajstić information content (AvgIpc) is 3.09. The molecular weight excluding hydrogens is 362 g/mol. The van der Waals surface area contributed by atoms with Gasteiger partial charge in [-0.25, -0.2) is 4.98 Å². The summed E-state index contributed by atoms with van der Waals surface area (Å²) >= 11 is 1.42. The van der Waals surface area contributed by atoms with Crippen LogP contribution in [0.3, 0.4) is 0 Å².